The summed E-state index contributed by atoms with van der Waals surface area (Å²) in [7, 11) is 5.70. The van der Waals surface area contributed by atoms with Gasteiger partial charge in [-0.2, -0.15) is 4.98 Å². The Bertz CT molecular complexity index is 1260. The van der Waals surface area contributed by atoms with Crippen molar-refractivity contribution < 1.29 is 9.53 Å². The number of aromatic nitrogens is 3. The van der Waals surface area contributed by atoms with Gasteiger partial charge in [0.25, 0.3) is 0 Å². The molecule has 1 aliphatic heterocycles. The van der Waals surface area contributed by atoms with Gasteiger partial charge in [-0.05, 0) is 47.6 Å². The predicted octanol–water partition coefficient (Wildman–Crippen LogP) is 4.95. The van der Waals surface area contributed by atoms with E-state index in [0.29, 0.717) is 45.7 Å². The highest BCUT2D eigenvalue weighted by Gasteiger charge is 2.20. The molecular weight excluding hydrogens is 572 g/mol. The molecule has 1 fully saturated rings. The quantitative estimate of drug-likeness (QED) is 0.231. The van der Waals surface area contributed by atoms with Crippen molar-refractivity contribution in [3.63, 3.8) is 0 Å². The molecule has 0 aliphatic carbocycles. The summed E-state index contributed by atoms with van der Waals surface area (Å²) in [5.41, 5.74) is 2.40. The van der Waals surface area contributed by atoms with Crippen molar-refractivity contribution in [2.24, 2.45) is 0 Å². The Hall–Kier alpha value is -3.15. The number of nitrogens with zero attached hydrogens (tertiary/aromatic N) is 6. The predicted molar refractivity (Wildman–Crippen MR) is 157 cm³/mol. The number of pyridine rings is 1. The van der Waals surface area contributed by atoms with Gasteiger partial charge in [0.15, 0.2) is 5.82 Å². The lowest BCUT2D eigenvalue weighted by molar-refractivity contribution is -0.107. The van der Waals surface area contributed by atoms with Crippen LogP contribution in [0.25, 0.3) is 0 Å². The van der Waals surface area contributed by atoms with Gasteiger partial charge >= 0.3 is 0 Å². The van der Waals surface area contributed by atoms with Crippen LogP contribution in [0.2, 0.25) is 5.02 Å². The molecular formula is C26H32BrClN8O2. The Labute approximate surface area is 236 Å². The molecule has 0 unspecified atom stereocenters. The first-order valence-electron chi connectivity index (χ1n) is 12.4. The molecule has 0 amide bonds. The molecule has 4 rings (SSSR count). The van der Waals surface area contributed by atoms with Gasteiger partial charge in [0, 0.05) is 64.7 Å². The number of hydrogen-bond acceptors (Lipinski definition) is 10. The van der Waals surface area contributed by atoms with Crippen molar-refractivity contribution in [2.45, 2.75) is 12.8 Å². The molecule has 1 aromatic carbocycles. The minimum absolute atomic E-state index is 0.377. The molecule has 0 saturated carbocycles. The van der Waals surface area contributed by atoms with E-state index in [4.69, 9.17) is 16.3 Å². The number of rotatable bonds is 11. The lowest BCUT2D eigenvalue weighted by atomic mass is 10.2. The zero-order chi connectivity index (χ0) is 27.1. The average Bonchev–Trinajstić information content (AvgIpc) is 2.92. The third-order valence-electron chi connectivity index (χ3n) is 6.32. The second kappa shape index (κ2) is 13.1. The van der Waals surface area contributed by atoms with E-state index < -0.39 is 0 Å². The number of piperazine rings is 1. The first-order chi connectivity index (χ1) is 18.4. The van der Waals surface area contributed by atoms with Crippen LogP contribution in [0.15, 0.2) is 41.1 Å². The summed E-state index contributed by atoms with van der Waals surface area (Å²) in [6.45, 7) is 4.47. The Balaban J connectivity index is 1.55. The zero-order valence-electron chi connectivity index (χ0n) is 21.7. The zero-order valence-corrected chi connectivity index (χ0v) is 24.1. The van der Waals surface area contributed by atoms with Crippen molar-refractivity contribution in [3.05, 3.63) is 46.2 Å². The molecule has 12 heteroatoms. The smallest absolute Gasteiger partial charge is 0.229 e. The monoisotopic (exact) mass is 602 g/mol. The highest BCUT2D eigenvalue weighted by atomic mass is 79.9. The number of halogens is 2. The number of anilines is 6. The van der Waals surface area contributed by atoms with E-state index >= 15 is 0 Å². The molecule has 1 saturated heterocycles. The summed E-state index contributed by atoms with van der Waals surface area (Å²) in [6.07, 6.45) is 5.60. The minimum atomic E-state index is 0.377. The van der Waals surface area contributed by atoms with Crippen molar-refractivity contribution in [2.75, 3.05) is 74.4 Å². The van der Waals surface area contributed by atoms with E-state index in [1.165, 1.54) is 0 Å². The van der Waals surface area contributed by atoms with Crippen LogP contribution in [-0.2, 0) is 4.79 Å². The SMILES string of the molecule is COc1cc(N2CCN(C)CC2)c(Cl)cc1Nc1ncc(Br)c(Nc2cccnc2N(C)CCCC=O)n1. The molecule has 2 N–H and O–H groups in total. The third kappa shape index (κ3) is 6.83. The second-order valence-corrected chi connectivity index (χ2v) is 10.3. The number of carbonyl (C=O) groups excluding carboxylic acids is 1. The lowest BCUT2D eigenvalue weighted by Crippen LogP contribution is -2.44. The molecule has 0 atom stereocenters. The standard InChI is InChI=1S/C26H32BrClN8O2/c1-34-10-12-36(13-11-34)22-16-23(38-3)21(15-19(22)28)32-26-30-17-18(27)24(33-26)31-20-7-6-8-29-25(20)35(2)9-4-5-14-37/h6-8,14-17H,4-5,9-13H2,1-3H3,(H2,30,31,32,33). The van der Waals surface area contributed by atoms with Gasteiger partial charge in [-0.15, -0.1) is 0 Å². The average molecular weight is 604 g/mol. The number of benzene rings is 1. The van der Waals surface area contributed by atoms with Gasteiger partial charge in [0.1, 0.15) is 17.9 Å². The van der Waals surface area contributed by atoms with E-state index in [-0.39, 0.29) is 0 Å². The fraction of sp³-hybridized carbons (Fsp3) is 0.385. The summed E-state index contributed by atoms with van der Waals surface area (Å²) in [4.78, 5) is 30.9. The number of methoxy groups -OCH3 is 1. The van der Waals surface area contributed by atoms with Gasteiger partial charge in [0.05, 0.1) is 33.7 Å². The first-order valence-corrected chi connectivity index (χ1v) is 13.5. The largest absolute Gasteiger partial charge is 0.494 e. The van der Waals surface area contributed by atoms with E-state index in [1.807, 2.05) is 36.2 Å². The fourth-order valence-electron chi connectivity index (χ4n) is 4.18. The molecule has 0 radical (unpaired) electrons. The van der Waals surface area contributed by atoms with Crippen LogP contribution < -0.4 is 25.2 Å². The number of likely N-dealkylation sites (N-methyl/N-ethyl adjacent to an activating group) is 1. The van der Waals surface area contributed by atoms with Crippen LogP contribution in [0.3, 0.4) is 0 Å². The molecule has 10 nitrogen and oxygen atoms in total. The Morgan fingerprint density at radius 1 is 1.18 bits per heavy atom. The molecule has 1 aliphatic rings. The van der Waals surface area contributed by atoms with E-state index in [0.717, 1.165) is 56.1 Å². The number of carbonyl (C=O) groups is 1. The Kier molecular flexibility index (Phi) is 9.59. The topological polar surface area (TPSA) is 98.8 Å². The van der Waals surface area contributed by atoms with Crippen molar-refractivity contribution in [1.29, 1.82) is 0 Å². The maximum absolute atomic E-state index is 10.7. The molecule has 2 aromatic heterocycles. The fourth-order valence-corrected chi connectivity index (χ4v) is 4.75. The maximum atomic E-state index is 10.7. The normalized spacial score (nSPS) is 13.8. The Morgan fingerprint density at radius 3 is 2.71 bits per heavy atom. The summed E-state index contributed by atoms with van der Waals surface area (Å²) in [5, 5.41) is 7.23. The summed E-state index contributed by atoms with van der Waals surface area (Å²) in [6, 6.07) is 7.59. The van der Waals surface area contributed by atoms with E-state index in [1.54, 1.807) is 19.5 Å². The van der Waals surface area contributed by atoms with Crippen molar-refractivity contribution in [1.82, 2.24) is 19.9 Å². The molecule has 3 heterocycles. The number of aldehydes is 1. The molecule has 202 valence electrons. The van der Waals surface area contributed by atoms with Gasteiger partial charge in [0.2, 0.25) is 5.95 Å². The third-order valence-corrected chi connectivity index (χ3v) is 7.20. The van der Waals surface area contributed by atoms with Crippen LogP contribution in [-0.4, -0.2) is 80.1 Å². The second-order valence-electron chi connectivity index (χ2n) is 9.04. The maximum Gasteiger partial charge on any atom is 0.229 e. The van der Waals surface area contributed by atoms with Crippen molar-refractivity contribution >= 4 is 68.5 Å². The molecule has 3 aromatic rings. The van der Waals surface area contributed by atoms with Gasteiger partial charge < -0.3 is 34.9 Å². The Morgan fingerprint density at radius 2 is 1.97 bits per heavy atom. The molecule has 38 heavy (non-hydrogen) atoms. The van der Waals surface area contributed by atoms with Gasteiger partial charge in [-0.1, -0.05) is 11.6 Å². The van der Waals surface area contributed by atoms with Crippen LogP contribution in [0.1, 0.15) is 12.8 Å². The van der Waals surface area contributed by atoms with Crippen LogP contribution in [0.4, 0.5) is 34.6 Å². The number of hydrogen-bond donors (Lipinski definition) is 2. The highest BCUT2D eigenvalue weighted by molar-refractivity contribution is 9.10. The van der Waals surface area contributed by atoms with Gasteiger partial charge in [-0.25, -0.2) is 9.97 Å². The van der Waals surface area contributed by atoms with Crippen molar-refractivity contribution in [3.8, 4) is 5.75 Å². The summed E-state index contributed by atoms with van der Waals surface area (Å²) in [5.74, 6) is 2.35. The van der Waals surface area contributed by atoms with E-state index in [9.17, 15) is 4.79 Å². The summed E-state index contributed by atoms with van der Waals surface area (Å²) >= 11 is 10.2. The van der Waals surface area contributed by atoms with Crippen LogP contribution >= 0.6 is 27.5 Å². The highest BCUT2D eigenvalue weighted by Crippen LogP contribution is 2.38. The lowest BCUT2D eigenvalue weighted by Gasteiger charge is -2.34. The van der Waals surface area contributed by atoms with E-state index in [2.05, 4.69) is 58.4 Å². The number of unbranched alkanes of at least 4 members (excludes halogenated alkanes) is 1. The number of nitrogens with one attached hydrogen (secondary N) is 2. The number of ether oxygens (including phenoxy) is 1. The molecule has 0 spiro atoms. The van der Waals surface area contributed by atoms with Crippen LogP contribution in [0, 0.1) is 0 Å². The first kappa shape index (κ1) is 27.9. The summed E-state index contributed by atoms with van der Waals surface area (Å²) < 4.78 is 6.37. The van der Waals surface area contributed by atoms with Crippen LogP contribution in [0.5, 0.6) is 5.75 Å². The molecule has 0 bridgehead atoms. The van der Waals surface area contributed by atoms with Gasteiger partial charge in [-0.3, -0.25) is 0 Å². The minimum Gasteiger partial charge on any atom is -0.494 e.